The molecule has 0 unspecified atom stereocenters. The van der Waals surface area contributed by atoms with E-state index in [0.717, 1.165) is 55.8 Å². The van der Waals surface area contributed by atoms with E-state index in [2.05, 4.69) is 222 Å². The van der Waals surface area contributed by atoms with E-state index in [4.69, 9.17) is 4.42 Å². The lowest BCUT2D eigenvalue weighted by molar-refractivity contribution is 0.670. The minimum absolute atomic E-state index is 0.871. The number of furan rings is 1. The zero-order chi connectivity index (χ0) is 38.9. The zero-order valence-corrected chi connectivity index (χ0v) is 32.1. The standard InChI is InChI=1S/C56H36N2O/c1-2-18-40(19-3-1)57(41-20-12-16-38(33-41)45-26-14-27-46-44-22-5-4-15-37(44)31-32-47(45)46)43-35-51(56-52(36-43)50-25-8-11-30-55(50)59-56)39-17-13-21-42(34-39)58-53-28-9-6-23-48(53)49-24-7-10-29-54(49)58/h1-36H. The van der Waals surface area contributed by atoms with Crippen LogP contribution in [0, 0.1) is 0 Å². The van der Waals surface area contributed by atoms with E-state index >= 15 is 0 Å². The Morgan fingerprint density at radius 3 is 1.78 bits per heavy atom. The van der Waals surface area contributed by atoms with E-state index in [-0.39, 0.29) is 0 Å². The van der Waals surface area contributed by atoms with Gasteiger partial charge in [-0.15, -0.1) is 0 Å². The van der Waals surface area contributed by atoms with Crippen LogP contribution < -0.4 is 4.90 Å². The second kappa shape index (κ2) is 13.4. The summed E-state index contributed by atoms with van der Waals surface area (Å²) in [5.74, 6) is 0. The summed E-state index contributed by atoms with van der Waals surface area (Å²) in [5, 5.41) is 9.68. The van der Waals surface area contributed by atoms with Gasteiger partial charge in [0.15, 0.2) is 0 Å². The van der Waals surface area contributed by atoms with Gasteiger partial charge in [0.05, 0.1) is 11.0 Å². The molecule has 0 fully saturated rings. The summed E-state index contributed by atoms with van der Waals surface area (Å²) in [7, 11) is 0. The molecule has 0 saturated heterocycles. The van der Waals surface area contributed by atoms with Gasteiger partial charge in [0.2, 0.25) is 0 Å². The maximum atomic E-state index is 6.78. The highest BCUT2D eigenvalue weighted by Gasteiger charge is 2.21. The normalized spacial score (nSPS) is 11.7. The largest absolute Gasteiger partial charge is 0.455 e. The summed E-state index contributed by atoms with van der Waals surface area (Å²) in [5.41, 5.74) is 12.9. The Morgan fingerprint density at radius 2 is 0.966 bits per heavy atom. The van der Waals surface area contributed by atoms with Crippen molar-refractivity contribution in [2.24, 2.45) is 0 Å². The molecule has 0 spiro atoms. The van der Waals surface area contributed by atoms with Crippen LogP contribution in [-0.4, -0.2) is 4.57 Å². The van der Waals surface area contributed by atoms with Gasteiger partial charge in [0, 0.05) is 49.9 Å². The van der Waals surface area contributed by atoms with Gasteiger partial charge in [-0.1, -0.05) is 152 Å². The van der Waals surface area contributed by atoms with E-state index in [1.54, 1.807) is 0 Å². The van der Waals surface area contributed by atoms with Crippen LogP contribution in [-0.2, 0) is 0 Å². The fourth-order valence-corrected chi connectivity index (χ4v) is 9.30. The second-order valence-corrected chi connectivity index (χ2v) is 15.3. The molecular weight excluding hydrogens is 717 g/mol. The van der Waals surface area contributed by atoms with E-state index in [1.165, 1.54) is 54.5 Å². The number of rotatable bonds is 6. The summed E-state index contributed by atoms with van der Waals surface area (Å²) < 4.78 is 9.16. The molecule has 12 aromatic rings. The van der Waals surface area contributed by atoms with E-state index < -0.39 is 0 Å². The molecule has 0 saturated carbocycles. The van der Waals surface area contributed by atoms with Crippen LogP contribution in [0.5, 0.6) is 0 Å². The van der Waals surface area contributed by atoms with Gasteiger partial charge in [0.25, 0.3) is 0 Å². The highest BCUT2D eigenvalue weighted by atomic mass is 16.3. The maximum Gasteiger partial charge on any atom is 0.143 e. The number of para-hydroxylation sites is 4. The molecule has 0 aliphatic carbocycles. The van der Waals surface area contributed by atoms with Crippen LogP contribution in [0.25, 0.3) is 93.2 Å². The molecule has 2 heterocycles. The van der Waals surface area contributed by atoms with Gasteiger partial charge in [-0.05, 0) is 105 Å². The highest BCUT2D eigenvalue weighted by molar-refractivity contribution is 6.14. The lowest BCUT2D eigenvalue weighted by Gasteiger charge is -2.27. The molecule has 10 aromatic carbocycles. The van der Waals surface area contributed by atoms with Crippen molar-refractivity contribution in [2.45, 2.75) is 0 Å². The Hall–Kier alpha value is -7.88. The summed E-state index contributed by atoms with van der Waals surface area (Å²) in [6.07, 6.45) is 0. The molecule has 59 heavy (non-hydrogen) atoms. The molecular formula is C56H36N2O. The molecule has 0 aliphatic heterocycles. The lowest BCUT2D eigenvalue weighted by Crippen LogP contribution is -2.10. The molecule has 0 aliphatic rings. The van der Waals surface area contributed by atoms with Crippen molar-refractivity contribution in [2.75, 3.05) is 4.90 Å². The van der Waals surface area contributed by atoms with Gasteiger partial charge in [0.1, 0.15) is 11.2 Å². The first-order chi connectivity index (χ1) is 29.3. The second-order valence-electron chi connectivity index (χ2n) is 15.3. The summed E-state index contributed by atoms with van der Waals surface area (Å²) in [4.78, 5) is 2.38. The maximum absolute atomic E-state index is 6.78. The van der Waals surface area contributed by atoms with Crippen LogP contribution in [0.3, 0.4) is 0 Å². The number of aromatic nitrogens is 1. The third-order valence-corrected chi connectivity index (χ3v) is 11.9. The fourth-order valence-electron chi connectivity index (χ4n) is 9.30. The number of fused-ring (bicyclic) bond motifs is 9. The molecule has 0 atom stereocenters. The van der Waals surface area contributed by atoms with Crippen LogP contribution in [0.1, 0.15) is 0 Å². The average molecular weight is 753 g/mol. The van der Waals surface area contributed by atoms with Crippen molar-refractivity contribution in [3.8, 4) is 27.9 Å². The van der Waals surface area contributed by atoms with E-state index in [9.17, 15) is 0 Å². The summed E-state index contributed by atoms with van der Waals surface area (Å²) >= 11 is 0. The van der Waals surface area contributed by atoms with Crippen LogP contribution in [0.4, 0.5) is 17.1 Å². The molecule has 12 rings (SSSR count). The summed E-state index contributed by atoms with van der Waals surface area (Å²) in [6, 6.07) is 78.7. The number of benzene rings is 10. The zero-order valence-electron chi connectivity index (χ0n) is 32.1. The predicted octanol–water partition coefficient (Wildman–Crippen LogP) is 15.8. The van der Waals surface area contributed by atoms with Crippen LogP contribution in [0.15, 0.2) is 223 Å². The van der Waals surface area contributed by atoms with Crippen molar-refractivity contribution >= 4 is 82.4 Å². The topological polar surface area (TPSA) is 21.3 Å². The van der Waals surface area contributed by atoms with Crippen molar-refractivity contribution in [3.63, 3.8) is 0 Å². The number of hydrogen-bond donors (Lipinski definition) is 0. The molecule has 3 heteroatoms. The monoisotopic (exact) mass is 752 g/mol. The number of nitrogens with zero attached hydrogens (tertiary/aromatic N) is 2. The minimum atomic E-state index is 0.871. The third kappa shape index (κ3) is 5.36. The Bertz CT molecular complexity index is 3520. The minimum Gasteiger partial charge on any atom is -0.455 e. The molecule has 0 radical (unpaired) electrons. The summed E-state index contributed by atoms with van der Waals surface area (Å²) in [6.45, 7) is 0. The van der Waals surface area contributed by atoms with Gasteiger partial charge in [-0.2, -0.15) is 0 Å². The predicted molar refractivity (Wildman–Crippen MR) is 249 cm³/mol. The fraction of sp³-hybridized carbons (Fsp3) is 0. The van der Waals surface area contributed by atoms with Gasteiger partial charge >= 0.3 is 0 Å². The highest BCUT2D eigenvalue weighted by Crippen LogP contribution is 2.45. The molecule has 2 aromatic heterocycles. The smallest absolute Gasteiger partial charge is 0.143 e. The van der Waals surface area contributed by atoms with Crippen molar-refractivity contribution in [1.29, 1.82) is 0 Å². The Balaban J connectivity index is 1.08. The van der Waals surface area contributed by atoms with Crippen molar-refractivity contribution in [1.82, 2.24) is 4.57 Å². The molecule has 276 valence electrons. The molecule has 0 amide bonds. The van der Waals surface area contributed by atoms with Crippen molar-refractivity contribution in [3.05, 3.63) is 218 Å². The number of hydrogen-bond acceptors (Lipinski definition) is 2. The number of anilines is 3. The average Bonchev–Trinajstić information content (AvgIpc) is 3.85. The van der Waals surface area contributed by atoms with Crippen molar-refractivity contribution < 1.29 is 4.42 Å². The van der Waals surface area contributed by atoms with Gasteiger partial charge < -0.3 is 13.9 Å². The Kier molecular flexibility index (Phi) is 7.54. The third-order valence-electron chi connectivity index (χ3n) is 11.9. The van der Waals surface area contributed by atoms with E-state index in [1.807, 2.05) is 6.07 Å². The Morgan fingerprint density at radius 1 is 0.339 bits per heavy atom. The first kappa shape index (κ1) is 33.3. The van der Waals surface area contributed by atoms with Crippen LogP contribution >= 0.6 is 0 Å². The Labute approximate surface area is 341 Å². The van der Waals surface area contributed by atoms with E-state index in [0.29, 0.717) is 0 Å². The first-order valence-corrected chi connectivity index (χ1v) is 20.2. The first-order valence-electron chi connectivity index (χ1n) is 20.2. The van der Waals surface area contributed by atoms with Gasteiger partial charge in [-0.25, -0.2) is 0 Å². The van der Waals surface area contributed by atoms with Crippen LogP contribution in [0.2, 0.25) is 0 Å². The molecule has 0 bridgehead atoms. The van der Waals surface area contributed by atoms with Gasteiger partial charge in [-0.3, -0.25) is 0 Å². The lowest BCUT2D eigenvalue weighted by atomic mass is 9.94. The SMILES string of the molecule is c1ccc(N(c2cccc(-c3cccc4c3ccc3ccccc34)c2)c2cc(-c3cccc(-n4c5ccccc5c5ccccc54)c3)c3oc4ccccc4c3c2)cc1. The molecule has 0 N–H and O–H groups in total. The molecule has 3 nitrogen and oxygen atoms in total. The quantitative estimate of drug-likeness (QED) is 0.158.